The molecule has 0 fully saturated rings. The molecule has 1 heterocycles. The van der Waals surface area contributed by atoms with E-state index in [1.807, 2.05) is 12.1 Å². The van der Waals surface area contributed by atoms with Crippen molar-refractivity contribution in [2.24, 2.45) is 7.05 Å². The van der Waals surface area contributed by atoms with E-state index in [1.54, 1.807) is 26.1 Å². The predicted octanol–water partition coefficient (Wildman–Crippen LogP) is 3.38. The first kappa shape index (κ1) is 12.3. The number of rotatable bonds is 2. The molecule has 0 N–H and O–H groups in total. The van der Waals surface area contributed by atoms with Gasteiger partial charge >= 0.3 is 0 Å². The molecule has 0 spiro atoms. The van der Waals surface area contributed by atoms with E-state index >= 15 is 0 Å². The summed E-state index contributed by atoms with van der Waals surface area (Å²) in [6.45, 7) is 1.77. The molecule has 0 aliphatic heterocycles. The van der Waals surface area contributed by atoms with Crippen molar-refractivity contribution in [2.75, 3.05) is 0 Å². The molecule has 0 saturated heterocycles. The van der Waals surface area contributed by atoms with Crippen LogP contribution in [-0.4, -0.2) is 15.6 Å². The zero-order valence-corrected chi connectivity index (χ0v) is 11.7. The lowest BCUT2D eigenvalue weighted by Gasteiger charge is -2.01. The second-order valence-corrected chi connectivity index (χ2v) is 4.99. The third-order valence-electron chi connectivity index (χ3n) is 2.47. The number of nitrogens with zero attached hydrogens (tertiary/aromatic N) is 2. The average Bonchev–Trinajstić information content (AvgIpc) is 2.52. The molecule has 3 nitrogen and oxygen atoms in total. The Morgan fingerprint density at radius 3 is 2.71 bits per heavy atom. The first-order chi connectivity index (χ1) is 8.00. The van der Waals surface area contributed by atoms with Gasteiger partial charge in [0, 0.05) is 17.1 Å². The molecular formula is C12H10BrClN2O. The molecule has 0 bridgehead atoms. The van der Waals surface area contributed by atoms with Gasteiger partial charge in [0.1, 0.15) is 5.15 Å². The normalized spacial score (nSPS) is 10.6. The molecule has 17 heavy (non-hydrogen) atoms. The van der Waals surface area contributed by atoms with E-state index in [4.69, 9.17) is 11.6 Å². The van der Waals surface area contributed by atoms with E-state index in [0.717, 1.165) is 4.47 Å². The molecule has 0 aliphatic rings. The molecule has 5 heteroatoms. The number of halogens is 2. The minimum Gasteiger partial charge on any atom is -0.288 e. The Kier molecular flexibility index (Phi) is 3.35. The summed E-state index contributed by atoms with van der Waals surface area (Å²) in [4.78, 5) is 12.3. The summed E-state index contributed by atoms with van der Waals surface area (Å²) in [7, 11) is 1.72. The van der Waals surface area contributed by atoms with Crippen molar-refractivity contribution in [2.45, 2.75) is 6.92 Å². The molecular weight excluding hydrogens is 304 g/mol. The molecule has 2 aromatic rings. The average molecular weight is 314 g/mol. The van der Waals surface area contributed by atoms with E-state index in [-0.39, 0.29) is 5.78 Å². The molecule has 0 radical (unpaired) electrons. The highest BCUT2D eigenvalue weighted by atomic mass is 79.9. The lowest BCUT2D eigenvalue weighted by atomic mass is 10.0. The number of carbonyl (C=O) groups is 1. The van der Waals surface area contributed by atoms with Gasteiger partial charge in [0.2, 0.25) is 0 Å². The van der Waals surface area contributed by atoms with Gasteiger partial charge < -0.3 is 0 Å². The number of aromatic nitrogens is 2. The van der Waals surface area contributed by atoms with Crippen molar-refractivity contribution in [3.8, 4) is 0 Å². The molecule has 0 amide bonds. The van der Waals surface area contributed by atoms with Gasteiger partial charge in [-0.1, -0.05) is 39.7 Å². The number of carbonyl (C=O) groups excluding carboxylic acids is 1. The third-order valence-corrected chi connectivity index (χ3v) is 3.39. The Morgan fingerprint density at radius 1 is 1.47 bits per heavy atom. The first-order valence-corrected chi connectivity index (χ1v) is 6.17. The fourth-order valence-corrected chi connectivity index (χ4v) is 2.32. The Balaban J connectivity index is 2.51. The summed E-state index contributed by atoms with van der Waals surface area (Å²) in [6.07, 6.45) is 0. The van der Waals surface area contributed by atoms with Crippen molar-refractivity contribution >= 4 is 33.3 Å². The van der Waals surface area contributed by atoms with Gasteiger partial charge in [0.05, 0.1) is 11.3 Å². The summed E-state index contributed by atoms with van der Waals surface area (Å²) in [5.41, 5.74) is 1.70. The van der Waals surface area contributed by atoms with E-state index in [9.17, 15) is 4.79 Å². The van der Waals surface area contributed by atoms with Gasteiger partial charge in [-0.3, -0.25) is 9.48 Å². The zero-order valence-electron chi connectivity index (χ0n) is 9.37. The Labute approximate surface area is 113 Å². The monoisotopic (exact) mass is 312 g/mol. The van der Waals surface area contributed by atoms with E-state index in [0.29, 0.717) is 22.0 Å². The maximum Gasteiger partial charge on any atom is 0.198 e. The Hall–Kier alpha value is -1.13. The van der Waals surface area contributed by atoms with E-state index < -0.39 is 0 Å². The maximum atomic E-state index is 12.3. The summed E-state index contributed by atoms with van der Waals surface area (Å²) < 4.78 is 2.36. The third kappa shape index (κ3) is 2.28. The lowest BCUT2D eigenvalue weighted by Crippen LogP contribution is -2.03. The topological polar surface area (TPSA) is 34.9 Å². The summed E-state index contributed by atoms with van der Waals surface area (Å²) in [5, 5.41) is 4.50. The fourth-order valence-electron chi connectivity index (χ4n) is 1.66. The number of ketones is 1. The highest BCUT2D eigenvalue weighted by Crippen LogP contribution is 2.23. The SMILES string of the molecule is Cc1nn(C)c(Cl)c1C(=O)c1cccc(Br)c1. The fraction of sp³-hybridized carbons (Fsp3) is 0.167. The summed E-state index contributed by atoms with van der Waals surface area (Å²) in [6, 6.07) is 7.21. The van der Waals surface area contributed by atoms with Crippen molar-refractivity contribution < 1.29 is 4.79 Å². The van der Waals surface area contributed by atoms with Crippen LogP contribution in [0.5, 0.6) is 0 Å². The highest BCUT2D eigenvalue weighted by molar-refractivity contribution is 9.10. The van der Waals surface area contributed by atoms with Gasteiger partial charge in [-0.15, -0.1) is 0 Å². The number of hydrogen-bond donors (Lipinski definition) is 0. The van der Waals surface area contributed by atoms with Gasteiger partial charge in [0.25, 0.3) is 0 Å². The van der Waals surface area contributed by atoms with Gasteiger partial charge in [-0.25, -0.2) is 0 Å². The maximum absolute atomic E-state index is 12.3. The van der Waals surface area contributed by atoms with Crippen molar-refractivity contribution in [3.63, 3.8) is 0 Å². The smallest absolute Gasteiger partial charge is 0.198 e. The second kappa shape index (κ2) is 4.63. The molecule has 1 aromatic carbocycles. The first-order valence-electron chi connectivity index (χ1n) is 5.00. The molecule has 0 aliphatic carbocycles. The van der Waals surface area contributed by atoms with Crippen LogP contribution in [-0.2, 0) is 7.05 Å². The minimum absolute atomic E-state index is 0.109. The lowest BCUT2D eigenvalue weighted by molar-refractivity contribution is 0.103. The minimum atomic E-state index is -0.109. The van der Waals surface area contributed by atoms with Crippen molar-refractivity contribution in [3.05, 3.63) is 50.7 Å². The zero-order chi connectivity index (χ0) is 12.6. The van der Waals surface area contributed by atoms with Crippen LogP contribution in [0.2, 0.25) is 5.15 Å². The number of aryl methyl sites for hydroxylation is 2. The van der Waals surface area contributed by atoms with Crippen LogP contribution >= 0.6 is 27.5 Å². The van der Waals surface area contributed by atoms with Gasteiger partial charge in [-0.05, 0) is 19.1 Å². The number of benzene rings is 1. The molecule has 88 valence electrons. The van der Waals surface area contributed by atoms with Crippen LogP contribution in [0, 0.1) is 6.92 Å². The Bertz CT molecular complexity index is 592. The van der Waals surface area contributed by atoms with Crippen molar-refractivity contribution in [1.82, 2.24) is 9.78 Å². The van der Waals surface area contributed by atoms with Crippen molar-refractivity contribution in [1.29, 1.82) is 0 Å². The second-order valence-electron chi connectivity index (χ2n) is 3.71. The summed E-state index contributed by atoms with van der Waals surface area (Å²) >= 11 is 9.41. The molecule has 0 atom stereocenters. The molecule has 1 aromatic heterocycles. The van der Waals surface area contributed by atoms with Gasteiger partial charge in [0.15, 0.2) is 5.78 Å². The van der Waals surface area contributed by atoms with Crippen LogP contribution in [0.1, 0.15) is 21.6 Å². The van der Waals surface area contributed by atoms with Crippen LogP contribution in [0.15, 0.2) is 28.7 Å². The van der Waals surface area contributed by atoms with Crippen LogP contribution in [0.4, 0.5) is 0 Å². The summed E-state index contributed by atoms with van der Waals surface area (Å²) in [5.74, 6) is -0.109. The quantitative estimate of drug-likeness (QED) is 0.797. The van der Waals surface area contributed by atoms with E-state index in [2.05, 4.69) is 21.0 Å². The highest BCUT2D eigenvalue weighted by Gasteiger charge is 2.20. The van der Waals surface area contributed by atoms with Crippen LogP contribution in [0.3, 0.4) is 0 Å². The number of hydrogen-bond acceptors (Lipinski definition) is 2. The van der Waals surface area contributed by atoms with Crippen LogP contribution < -0.4 is 0 Å². The predicted molar refractivity (Wildman–Crippen MR) is 70.5 cm³/mol. The largest absolute Gasteiger partial charge is 0.288 e. The molecule has 2 rings (SSSR count). The van der Waals surface area contributed by atoms with E-state index in [1.165, 1.54) is 4.68 Å². The van der Waals surface area contributed by atoms with Crippen LogP contribution in [0.25, 0.3) is 0 Å². The standard InChI is InChI=1S/C12H10BrClN2O/c1-7-10(12(14)16(2)15-7)11(17)8-4-3-5-9(13)6-8/h3-6H,1-2H3. The Morgan fingerprint density at radius 2 is 2.18 bits per heavy atom. The molecule has 0 saturated carbocycles. The molecule has 0 unspecified atom stereocenters. The van der Waals surface area contributed by atoms with Gasteiger partial charge in [-0.2, -0.15) is 5.10 Å².